The third-order valence-electron chi connectivity index (χ3n) is 4.85. The molecule has 5 nitrogen and oxygen atoms in total. The molecular formula is C16H31N3O2. The highest BCUT2D eigenvalue weighted by molar-refractivity contribution is 6.06. The second-order valence-electron chi connectivity index (χ2n) is 6.37. The summed E-state index contributed by atoms with van der Waals surface area (Å²) in [7, 11) is 0. The molecule has 0 radical (unpaired) electrons. The molecule has 1 rings (SSSR count). The number of amidine groups is 1. The third kappa shape index (κ3) is 4.11. The monoisotopic (exact) mass is 297 g/mol. The highest BCUT2D eigenvalue weighted by Gasteiger charge is 2.42. The number of hydrogen-bond acceptors (Lipinski definition) is 3. The lowest BCUT2D eigenvalue weighted by Crippen LogP contribution is -2.53. The van der Waals surface area contributed by atoms with Crippen LogP contribution in [0.3, 0.4) is 0 Å². The number of carbonyl (C=O) groups is 1. The molecule has 0 aromatic heterocycles. The topological polar surface area (TPSA) is 87.7 Å². The molecule has 21 heavy (non-hydrogen) atoms. The highest BCUT2D eigenvalue weighted by Crippen LogP contribution is 2.33. The number of oxime groups is 1. The first-order chi connectivity index (χ1) is 10.0. The number of rotatable bonds is 8. The zero-order valence-electron chi connectivity index (χ0n) is 13.7. The molecule has 1 fully saturated rings. The van der Waals surface area contributed by atoms with Crippen molar-refractivity contribution in [3.63, 3.8) is 0 Å². The maximum absolute atomic E-state index is 12.8. The lowest BCUT2D eigenvalue weighted by Gasteiger charge is -2.33. The van der Waals surface area contributed by atoms with Crippen molar-refractivity contribution in [3.8, 4) is 0 Å². The average Bonchev–Trinajstić information content (AvgIpc) is 3.00. The van der Waals surface area contributed by atoms with E-state index in [1.54, 1.807) is 0 Å². The molecule has 0 saturated heterocycles. The van der Waals surface area contributed by atoms with E-state index in [0.29, 0.717) is 18.8 Å². The van der Waals surface area contributed by atoms with Crippen LogP contribution in [0.15, 0.2) is 5.16 Å². The summed E-state index contributed by atoms with van der Waals surface area (Å²) in [4.78, 5) is 12.8. The Hall–Kier alpha value is -1.26. The summed E-state index contributed by atoms with van der Waals surface area (Å²) in [6.07, 6.45) is 7.72. The fourth-order valence-corrected chi connectivity index (χ4v) is 3.59. The molecule has 4 N–H and O–H groups in total. The Morgan fingerprint density at radius 1 is 1.33 bits per heavy atom. The van der Waals surface area contributed by atoms with Crippen LogP contribution in [0, 0.1) is 11.3 Å². The van der Waals surface area contributed by atoms with Crippen molar-refractivity contribution in [1.29, 1.82) is 0 Å². The van der Waals surface area contributed by atoms with E-state index in [2.05, 4.69) is 17.4 Å². The van der Waals surface area contributed by atoms with E-state index in [0.717, 1.165) is 12.8 Å². The van der Waals surface area contributed by atoms with E-state index in [9.17, 15) is 4.79 Å². The van der Waals surface area contributed by atoms with Crippen LogP contribution in [0.5, 0.6) is 0 Å². The van der Waals surface area contributed by atoms with Gasteiger partial charge in [-0.2, -0.15) is 0 Å². The molecule has 5 heteroatoms. The van der Waals surface area contributed by atoms with Crippen LogP contribution in [0.25, 0.3) is 0 Å². The quantitative estimate of drug-likeness (QED) is 0.278. The van der Waals surface area contributed by atoms with Crippen LogP contribution in [-0.4, -0.2) is 23.0 Å². The normalized spacial score (nSPS) is 18.7. The zero-order valence-corrected chi connectivity index (χ0v) is 13.7. The van der Waals surface area contributed by atoms with Gasteiger partial charge in [-0.05, 0) is 38.5 Å². The molecule has 1 amide bonds. The summed E-state index contributed by atoms with van der Waals surface area (Å²) in [5, 5.41) is 15.4. The molecular weight excluding hydrogens is 266 g/mol. The minimum Gasteiger partial charge on any atom is -0.409 e. The van der Waals surface area contributed by atoms with E-state index in [1.165, 1.54) is 25.7 Å². The molecule has 1 saturated carbocycles. The number of nitrogens with one attached hydrogen (secondary N) is 1. The number of nitrogens with two attached hydrogens (primary N) is 1. The van der Waals surface area contributed by atoms with Crippen molar-refractivity contribution in [2.24, 2.45) is 22.2 Å². The first-order valence-corrected chi connectivity index (χ1v) is 8.30. The van der Waals surface area contributed by atoms with Gasteiger partial charge in [0.15, 0.2) is 5.84 Å². The maximum atomic E-state index is 12.8. The van der Waals surface area contributed by atoms with Crippen LogP contribution in [0.1, 0.15) is 72.1 Å². The maximum Gasteiger partial charge on any atom is 0.234 e. The Morgan fingerprint density at radius 2 is 1.86 bits per heavy atom. The molecule has 1 aliphatic carbocycles. The molecule has 0 aromatic rings. The van der Waals surface area contributed by atoms with E-state index < -0.39 is 5.41 Å². The first-order valence-electron chi connectivity index (χ1n) is 8.30. The fourth-order valence-electron chi connectivity index (χ4n) is 3.59. The standard InChI is InChI=1S/C16H31N3O2/c1-4-10-16(11-5-2,14(17)19-21)15(20)18-12(3)13-8-6-7-9-13/h12-13,21H,4-11H2,1-3H3,(H2,17,19)(H,18,20). The molecule has 0 spiro atoms. The van der Waals surface area contributed by atoms with Gasteiger partial charge < -0.3 is 16.3 Å². The Kier molecular flexibility index (Phi) is 6.99. The Labute approximate surface area is 128 Å². The minimum absolute atomic E-state index is 0.0438. The summed E-state index contributed by atoms with van der Waals surface area (Å²) >= 11 is 0. The SMILES string of the molecule is CCCC(CCC)(C(=O)NC(C)C1CCCC1)C(N)=NO. The van der Waals surface area contributed by atoms with Crippen molar-refractivity contribution < 1.29 is 10.0 Å². The minimum atomic E-state index is -0.870. The van der Waals surface area contributed by atoms with Gasteiger partial charge >= 0.3 is 0 Å². The Bertz CT molecular complexity index is 357. The molecule has 1 aliphatic rings. The van der Waals surface area contributed by atoms with E-state index in [4.69, 9.17) is 10.9 Å². The van der Waals surface area contributed by atoms with Crippen molar-refractivity contribution in [2.75, 3.05) is 0 Å². The predicted molar refractivity (Wildman–Crippen MR) is 85.2 cm³/mol. The van der Waals surface area contributed by atoms with Crippen molar-refractivity contribution >= 4 is 11.7 Å². The second-order valence-corrected chi connectivity index (χ2v) is 6.37. The number of nitrogens with zero attached hydrogens (tertiary/aromatic N) is 1. The van der Waals surface area contributed by atoms with E-state index in [1.807, 2.05) is 13.8 Å². The first kappa shape index (κ1) is 17.8. The molecule has 1 atom stereocenters. The zero-order chi connectivity index (χ0) is 15.9. The summed E-state index contributed by atoms with van der Waals surface area (Å²) < 4.78 is 0. The van der Waals surface area contributed by atoms with E-state index >= 15 is 0 Å². The second kappa shape index (κ2) is 8.25. The molecule has 122 valence electrons. The molecule has 0 aliphatic heterocycles. The van der Waals surface area contributed by atoms with Crippen LogP contribution in [0.4, 0.5) is 0 Å². The largest absolute Gasteiger partial charge is 0.409 e. The van der Waals surface area contributed by atoms with Gasteiger partial charge in [0.1, 0.15) is 5.41 Å². The lowest BCUT2D eigenvalue weighted by molar-refractivity contribution is -0.129. The van der Waals surface area contributed by atoms with Crippen molar-refractivity contribution in [3.05, 3.63) is 0 Å². The third-order valence-corrected chi connectivity index (χ3v) is 4.85. The van der Waals surface area contributed by atoms with Gasteiger partial charge in [-0.15, -0.1) is 0 Å². The summed E-state index contributed by atoms with van der Waals surface area (Å²) in [6, 6.07) is 0.152. The number of carbonyl (C=O) groups excluding carboxylic acids is 1. The van der Waals surface area contributed by atoms with Gasteiger partial charge in [0, 0.05) is 6.04 Å². The Balaban J connectivity index is 2.87. The molecule has 0 bridgehead atoms. The highest BCUT2D eigenvalue weighted by atomic mass is 16.4. The predicted octanol–water partition coefficient (Wildman–Crippen LogP) is 3.01. The van der Waals surface area contributed by atoms with Crippen LogP contribution >= 0.6 is 0 Å². The summed E-state index contributed by atoms with van der Waals surface area (Å²) in [5.74, 6) is 0.519. The molecule has 0 heterocycles. The summed E-state index contributed by atoms with van der Waals surface area (Å²) in [5.41, 5.74) is 5.02. The van der Waals surface area contributed by atoms with E-state index in [-0.39, 0.29) is 17.8 Å². The average molecular weight is 297 g/mol. The van der Waals surface area contributed by atoms with Crippen LogP contribution in [0.2, 0.25) is 0 Å². The number of amides is 1. The van der Waals surface area contributed by atoms with Gasteiger partial charge in [-0.3, -0.25) is 4.79 Å². The van der Waals surface area contributed by atoms with Gasteiger partial charge in [0.25, 0.3) is 0 Å². The van der Waals surface area contributed by atoms with Crippen LogP contribution in [-0.2, 0) is 4.79 Å². The fraction of sp³-hybridized carbons (Fsp3) is 0.875. The number of hydrogen-bond donors (Lipinski definition) is 3. The van der Waals surface area contributed by atoms with Gasteiger partial charge in [0.2, 0.25) is 5.91 Å². The van der Waals surface area contributed by atoms with Crippen LogP contribution < -0.4 is 11.1 Å². The van der Waals surface area contributed by atoms with Crippen molar-refractivity contribution in [1.82, 2.24) is 5.32 Å². The van der Waals surface area contributed by atoms with Gasteiger partial charge in [0.05, 0.1) is 0 Å². The Morgan fingerprint density at radius 3 is 2.29 bits per heavy atom. The molecule has 0 aromatic carbocycles. The van der Waals surface area contributed by atoms with Crippen molar-refractivity contribution in [2.45, 2.75) is 78.2 Å². The smallest absolute Gasteiger partial charge is 0.234 e. The van der Waals surface area contributed by atoms with Gasteiger partial charge in [-0.1, -0.05) is 44.7 Å². The summed E-state index contributed by atoms with van der Waals surface area (Å²) in [6.45, 7) is 6.11. The molecule has 1 unspecified atom stereocenters. The van der Waals surface area contributed by atoms with Gasteiger partial charge in [-0.25, -0.2) is 0 Å². The lowest BCUT2D eigenvalue weighted by atomic mass is 9.76.